The van der Waals surface area contributed by atoms with Gasteiger partial charge >= 0.3 is 0 Å². The van der Waals surface area contributed by atoms with Gasteiger partial charge in [-0.3, -0.25) is 9.59 Å². The molecule has 0 fully saturated rings. The molecule has 154 valence electrons. The molecule has 10 heteroatoms. The molecular formula is C20H17ClN4O4S. The Morgan fingerprint density at radius 2 is 1.50 bits per heavy atom. The molecule has 0 aromatic heterocycles. The molecule has 3 aromatic rings. The van der Waals surface area contributed by atoms with E-state index in [9.17, 15) is 18.0 Å². The van der Waals surface area contributed by atoms with E-state index in [4.69, 9.17) is 28.3 Å². The first kappa shape index (κ1) is 21.5. The Bertz CT molecular complexity index is 1250. The Labute approximate surface area is 177 Å². The van der Waals surface area contributed by atoms with Crippen molar-refractivity contribution in [2.24, 2.45) is 11.0 Å². The zero-order valence-corrected chi connectivity index (χ0v) is 17.0. The van der Waals surface area contributed by atoms with Gasteiger partial charge in [-0.25, -0.2) is 24.4 Å². The highest BCUT2D eigenvalue weighted by Crippen LogP contribution is 2.27. The van der Waals surface area contributed by atoms with E-state index in [1.165, 1.54) is 30.3 Å². The number of hydrazine groups is 1. The van der Waals surface area contributed by atoms with Gasteiger partial charge in [-0.1, -0.05) is 41.9 Å². The van der Waals surface area contributed by atoms with Crippen molar-refractivity contribution in [2.45, 2.75) is 4.90 Å². The number of primary sulfonamides is 1. The Morgan fingerprint density at radius 3 is 2.10 bits per heavy atom. The molecular weight excluding hydrogens is 428 g/mol. The fourth-order valence-corrected chi connectivity index (χ4v) is 3.85. The number of carbonyl (C=O) groups is 2. The van der Waals surface area contributed by atoms with Crippen molar-refractivity contribution in [2.75, 3.05) is 10.7 Å². The van der Waals surface area contributed by atoms with E-state index < -0.39 is 20.8 Å². The minimum Gasteiger partial charge on any atom is -0.397 e. The number of ketones is 1. The fraction of sp³-hybridized carbons (Fsp3) is 0. The molecule has 1 amide bonds. The number of nitrogen functional groups attached to an aromatic ring is 1. The largest absolute Gasteiger partial charge is 0.397 e. The Morgan fingerprint density at radius 1 is 0.867 bits per heavy atom. The van der Waals surface area contributed by atoms with Crippen LogP contribution in [0.3, 0.4) is 0 Å². The summed E-state index contributed by atoms with van der Waals surface area (Å²) in [6, 6.07) is 16.5. The number of rotatable bonds is 5. The maximum absolute atomic E-state index is 12.7. The predicted octanol–water partition coefficient (Wildman–Crippen LogP) is 2.32. The molecule has 8 nitrogen and oxygen atoms in total. The summed E-state index contributed by atoms with van der Waals surface area (Å²) in [6.45, 7) is 0. The van der Waals surface area contributed by atoms with Crippen LogP contribution in [0.1, 0.15) is 26.3 Å². The summed E-state index contributed by atoms with van der Waals surface area (Å²) in [6.07, 6.45) is 0. The predicted molar refractivity (Wildman–Crippen MR) is 115 cm³/mol. The smallest absolute Gasteiger partial charge is 0.272 e. The molecule has 0 aliphatic heterocycles. The van der Waals surface area contributed by atoms with Gasteiger partial charge in [0.15, 0.2) is 5.78 Å². The zero-order valence-electron chi connectivity index (χ0n) is 15.4. The van der Waals surface area contributed by atoms with Crippen molar-refractivity contribution in [1.29, 1.82) is 0 Å². The number of halogens is 1. The number of anilines is 2. The lowest BCUT2D eigenvalue weighted by atomic mass is 10.0. The molecule has 3 rings (SSSR count). The quantitative estimate of drug-likeness (QED) is 0.181. The summed E-state index contributed by atoms with van der Waals surface area (Å²) in [5.41, 5.74) is 6.99. The van der Waals surface area contributed by atoms with Gasteiger partial charge in [-0.05, 0) is 36.4 Å². The minimum absolute atomic E-state index is 0.0604. The van der Waals surface area contributed by atoms with E-state index in [0.29, 0.717) is 11.1 Å². The van der Waals surface area contributed by atoms with Crippen LogP contribution in [-0.2, 0) is 10.0 Å². The second kappa shape index (κ2) is 8.25. The number of hydrogen-bond acceptors (Lipinski definition) is 6. The highest BCUT2D eigenvalue weighted by molar-refractivity contribution is 7.89. The van der Waals surface area contributed by atoms with E-state index in [-0.39, 0.29) is 27.7 Å². The lowest BCUT2D eigenvalue weighted by Crippen LogP contribution is -2.38. The van der Waals surface area contributed by atoms with Gasteiger partial charge in [0.05, 0.1) is 16.4 Å². The number of nitrogens with zero attached hydrogens (tertiary/aromatic N) is 1. The van der Waals surface area contributed by atoms with E-state index in [2.05, 4.69) is 0 Å². The zero-order chi connectivity index (χ0) is 22.1. The van der Waals surface area contributed by atoms with Gasteiger partial charge in [-0.15, -0.1) is 0 Å². The van der Waals surface area contributed by atoms with Gasteiger partial charge in [-0.2, -0.15) is 0 Å². The van der Waals surface area contributed by atoms with Crippen LogP contribution < -0.4 is 21.7 Å². The van der Waals surface area contributed by atoms with Crippen LogP contribution in [0.15, 0.2) is 71.6 Å². The highest BCUT2D eigenvalue weighted by Gasteiger charge is 2.21. The van der Waals surface area contributed by atoms with Gasteiger partial charge in [0.25, 0.3) is 5.91 Å². The van der Waals surface area contributed by atoms with Crippen LogP contribution in [0.25, 0.3) is 0 Å². The molecule has 0 spiro atoms. The first-order valence-corrected chi connectivity index (χ1v) is 10.4. The molecule has 0 aliphatic rings. The van der Waals surface area contributed by atoms with Gasteiger partial charge < -0.3 is 5.73 Å². The van der Waals surface area contributed by atoms with Crippen molar-refractivity contribution in [3.8, 4) is 0 Å². The molecule has 6 N–H and O–H groups in total. The summed E-state index contributed by atoms with van der Waals surface area (Å²) < 4.78 is 23.3. The summed E-state index contributed by atoms with van der Waals surface area (Å²) in [5.74, 6) is 4.93. The maximum Gasteiger partial charge on any atom is 0.272 e. The summed E-state index contributed by atoms with van der Waals surface area (Å²) >= 11 is 5.84. The summed E-state index contributed by atoms with van der Waals surface area (Å²) in [5, 5.41) is 5.74. The normalized spacial score (nSPS) is 11.2. The standard InChI is InChI=1S/C20H17ClN4O4S/c21-15-8-6-14(11-18(15)30(24,28)29)20(27)25(23)17-9-7-13(10-16(17)22)19(26)12-4-2-1-3-5-12/h1-11H,22-23H2,(H2,24,28,29). The third kappa shape index (κ3) is 4.34. The molecule has 0 unspecified atom stereocenters. The lowest BCUT2D eigenvalue weighted by molar-refractivity contribution is 0.0986. The molecule has 0 heterocycles. The number of benzene rings is 3. The van der Waals surface area contributed by atoms with E-state index >= 15 is 0 Å². The average molecular weight is 445 g/mol. The van der Waals surface area contributed by atoms with Crippen molar-refractivity contribution >= 4 is 44.7 Å². The van der Waals surface area contributed by atoms with Crippen LogP contribution >= 0.6 is 11.6 Å². The van der Waals surface area contributed by atoms with E-state index in [1.54, 1.807) is 30.3 Å². The molecule has 0 bridgehead atoms. The number of sulfonamides is 1. The molecule has 0 atom stereocenters. The van der Waals surface area contributed by atoms with Crippen LogP contribution in [0.5, 0.6) is 0 Å². The van der Waals surface area contributed by atoms with E-state index in [1.807, 2.05) is 0 Å². The Balaban J connectivity index is 1.91. The second-order valence-corrected chi connectivity index (χ2v) is 8.27. The van der Waals surface area contributed by atoms with Gasteiger partial charge in [0.2, 0.25) is 10.0 Å². The number of nitrogens with two attached hydrogens (primary N) is 3. The SMILES string of the molecule is Nc1cc(C(=O)c2ccccc2)ccc1N(N)C(=O)c1ccc(Cl)c(S(N)(=O)=O)c1. The van der Waals surface area contributed by atoms with E-state index in [0.717, 1.165) is 11.1 Å². The average Bonchev–Trinajstić information content (AvgIpc) is 2.72. The topological polar surface area (TPSA) is 150 Å². The van der Waals surface area contributed by atoms with Gasteiger partial charge in [0, 0.05) is 16.7 Å². The first-order valence-electron chi connectivity index (χ1n) is 8.50. The third-order valence-corrected chi connectivity index (χ3v) is 5.68. The monoisotopic (exact) mass is 444 g/mol. The lowest BCUT2D eigenvalue weighted by Gasteiger charge is -2.19. The number of carbonyl (C=O) groups excluding carboxylic acids is 2. The van der Waals surface area contributed by atoms with Gasteiger partial charge in [0.1, 0.15) is 4.90 Å². The molecule has 0 saturated carbocycles. The van der Waals surface area contributed by atoms with Crippen LogP contribution in [-0.4, -0.2) is 20.1 Å². The van der Waals surface area contributed by atoms with Crippen molar-refractivity contribution in [1.82, 2.24) is 0 Å². The second-order valence-electron chi connectivity index (χ2n) is 6.33. The summed E-state index contributed by atoms with van der Waals surface area (Å²) in [7, 11) is -4.14. The number of hydrogen-bond donors (Lipinski definition) is 3. The highest BCUT2D eigenvalue weighted by atomic mass is 35.5. The third-order valence-electron chi connectivity index (χ3n) is 4.29. The molecule has 0 saturated heterocycles. The molecule has 3 aromatic carbocycles. The summed E-state index contributed by atoms with van der Waals surface area (Å²) in [4.78, 5) is 24.9. The fourth-order valence-electron chi connectivity index (χ4n) is 2.77. The Kier molecular flexibility index (Phi) is 5.90. The molecule has 0 aliphatic carbocycles. The van der Waals surface area contributed by atoms with Crippen LogP contribution in [0.2, 0.25) is 5.02 Å². The molecule has 30 heavy (non-hydrogen) atoms. The molecule has 0 radical (unpaired) electrons. The van der Waals surface area contributed by atoms with Crippen LogP contribution in [0.4, 0.5) is 11.4 Å². The Hall–Kier alpha value is -3.24. The van der Waals surface area contributed by atoms with Crippen LogP contribution in [0, 0.1) is 0 Å². The van der Waals surface area contributed by atoms with Crippen molar-refractivity contribution in [3.63, 3.8) is 0 Å². The minimum atomic E-state index is -4.14. The van der Waals surface area contributed by atoms with Crippen molar-refractivity contribution in [3.05, 3.63) is 88.4 Å². The maximum atomic E-state index is 12.7. The van der Waals surface area contributed by atoms with Crippen molar-refractivity contribution < 1.29 is 18.0 Å². The first-order chi connectivity index (χ1) is 14.1. The number of amides is 1.